The van der Waals surface area contributed by atoms with E-state index in [2.05, 4.69) is 118 Å². The molecule has 18 heteroatoms. The van der Waals surface area contributed by atoms with Crippen LogP contribution in [0.25, 0.3) is 0 Å². The Morgan fingerprint density at radius 2 is 0.651 bits per heavy atom. The Labute approximate surface area is 500 Å². The minimum Gasteiger partial charge on any atom is -0.463 e. The SMILES string of the molecule is CC/C=C\C/C=C\C/C=C\C/C=C\C/C=C\CCCC(=O)OCC(O)COP(=O)(O)OCC(O)COP(=O)(O)OCC(COC(=O)CCCCCC/C=C\C/C=C\C/C=C\C/C=C\CC)OC(=O)CCCCCCCCCCCCCCC. The highest BCUT2D eigenvalue weighted by Gasteiger charge is 2.29. The van der Waals surface area contributed by atoms with E-state index < -0.39 is 91.5 Å². The van der Waals surface area contributed by atoms with E-state index in [1.807, 2.05) is 12.2 Å². The Kier molecular flexibility index (Phi) is 55.9. The maximum Gasteiger partial charge on any atom is 0.472 e. The number of rotatable bonds is 58. The second-order valence-corrected chi connectivity index (χ2v) is 23.4. The Morgan fingerprint density at radius 3 is 1.06 bits per heavy atom. The molecule has 0 aliphatic rings. The van der Waals surface area contributed by atoms with Crippen LogP contribution in [0, 0.1) is 0 Å². The summed E-state index contributed by atoms with van der Waals surface area (Å²) in [6, 6.07) is 0. The molecule has 0 aliphatic heterocycles. The molecule has 16 nitrogen and oxygen atoms in total. The van der Waals surface area contributed by atoms with Crippen molar-refractivity contribution in [3.63, 3.8) is 0 Å². The summed E-state index contributed by atoms with van der Waals surface area (Å²) in [6.45, 7) is 2.32. The van der Waals surface area contributed by atoms with E-state index >= 15 is 0 Å². The molecule has 83 heavy (non-hydrogen) atoms. The first-order chi connectivity index (χ1) is 40.2. The van der Waals surface area contributed by atoms with Gasteiger partial charge in [-0.3, -0.25) is 32.5 Å². The first kappa shape index (κ1) is 79.2. The number of phosphoric acid groups is 2. The Morgan fingerprint density at radius 1 is 0.349 bits per heavy atom. The van der Waals surface area contributed by atoms with Crippen LogP contribution in [0.5, 0.6) is 0 Å². The third kappa shape index (κ3) is 59.7. The highest BCUT2D eigenvalue weighted by molar-refractivity contribution is 7.47. The first-order valence-electron chi connectivity index (χ1n) is 31.2. The molecule has 0 radical (unpaired) electrons. The molecule has 0 heterocycles. The fourth-order valence-corrected chi connectivity index (χ4v) is 9.36. The van der Waals surface area contributed by atoms with Crippen molar-refractivity contribution in [3.05, 3.63) is 109 Å². The van der Waals surface area contributed by atoms with Crippen molar-refractivity contribution in [2.24, 2.45) is 0 Å². The lowest BCUT2D eigenvalue weighted by Gasteiger charge is -2.21. The van der Waals surface area contributed by atoms with Crippen molar-refractivity contribution in [2.45, 2.75) is 245 Å². The fourth-order valence-electron chi connectivity index (χ4n) is 7.77. The van der Waals surface area contributed by atoms with Gasteiger partial charge in [-0.15, -0.1) is 0 Å². The molecule has 4 N–H and O–H groups in total. The molecule has 0 rings (SSSR count). The maximum atomic E-state index is 12.9. The van der Waals surface area contributed by atoms with Gasteiger partial charge in [-0.2, -0.15) is 0 Å². The molecule has 0 amide bonds. The summed E-state index contributed by atoms with van der Waals surface area (Å²) in [7, 11) is -9.79. The molecule has 0 aromatic carbocycles. The molecule has 5 atom stereocenters. The average molecular weight is 1210 g/mol. The van der Waals surface area contributed by atoms with Gasteiger partial charge in [0.2, 0.25) is 0 Å². The number of hydrogen-bond acceptors (Lipinski definition) is 14. The van der Waals surface area contributed by atoms with Gasteiger partial charge in [0.15, 0.2) is 6.10 Å². The van der Waals surface area contributed by atoms with E-state index in [0.717, 1.165) is 109 Å². The van der Waals surface area contributed by atoms with Crippen LogP contribution in [0.2, 0.25) is 0 Å². The zero-order chi connectivity index (χ0) is 61.0. The van der Waals surface area contributed by atoms with E-state index in [0.29, 0.717) is 25.7 Å². The first-order valence-corrected chi connectivity index (χ1v) is 34.2. The maximum absolute atomic E-state index is 12.9. The van der Waals surface area contributed by atoms with Crippen molar-refractivity contribution >= 4 is 33.6 Å². The highest BCUT2D eigenvalue weighted by Crippen LogP contribution is 2.45. The van der Waals surface area contributed by atoms with Crippen LogP contribution >= 0.6 is 15.6 Å². The van der Waals surface area contributed by atoms with Crippen LogP contribution in [-0.2, 0) is 55.8 Å². The number of ether oxygens (including phenoxy) is 3. The van der Waals surface area contributed by atoms with Gasteiger partial charge in [0.25, 0.3) is 0 Å². The van der Waals surface area contributed by atoms with E-state index in [4.69, 9.17) is 32.3 Å². The summed E-state index contributed by atoms with van der Waals surface area (Å²) in [5.74, 6) is -1.66. The smallest absolute Gasteiger partial charge is 0.463 e. The van der Waals surface area contributed by atoms with Crippen LogP contribution in [0.4, 0.5) is 0 Å². The van der Waals surface area contributed by atoms with Crippen molar-refractivity contribution < 1.29 is 75.8 Å². The third-order valence-electron chi connectivity index (χ3n) is 12.5. The largest absolute Gasteiger partial charge is 0.472 e. The zero-order valence-corrected chi connectivity index (χ0v) is 52.9. The molecule has 476 valence electrons. The molecule has 5 unspecified atom stereocenters. The number of allylic oxidation sites excluding steroid dienone is 18. The second-order valence-electron chi connectivity index (χ2n) is 20.5. The summed E-state index contributed by atoms with van der Waals surface area (Å²) in [5.41, 5.74) is 0. The van der Waals surface area contributed by atoms with Gasteiger partial charge in [0.1, 0.15) is 25.4 Å². The summed E-state index contributed by atoms with van der Waals surface area (Å²) in [5, 5.41) is 20.5. The van der Waals surface area contributed by atoms with E-state index in [-0.39, 0.29) is 19.3 Å². The van der Waals surface area contributed by atoms with Gasteiger partial charge in [-0.1, -0.05) is 220 Å². The Hall–Kier alpha value is -3.79. The lowest BCUT2D eigenvalue weighted by molar-refractivity contribution is -0.161. The molecule has 0 fully saturated rings. The van der Waals surface area contributed by atoms with Gasteiger partial charge < -0.3 is 34.2 Å². The van der Waals surface area contributed by atoms with E-state index in [9.17, 15) is 43.5 Å². The Balaban J connectivity index is 4.76. The summed E-state index contributed by atoms with van der Waals surface area (Å²) in [4.78, 5) is 58.1. The van der Waals surface area contributed by atoms with E-state index in [1.165, 1.54) is 51.4 Å². The molecule has 0 aromatic rings. The normalized spacial score (nSPS) is 15.1. The lowest BCUT2D eigenvalue weighted by Crippen LogP contribution is -2.30. The number of carbonyl (C=O) groups is 3. The van der Waals surface area contributed by atoms with Crippen molar-refractivity contribution in [1.82, 2.24) is 0 Å². The summed E-state index contributed by atoms with van der Waals surface area (Å²) >= 11 is 0. The average Bonchev–Trinajstić information content (AvgIpc) is 3.46. The van der Waals surface area contributed by atoms with Gasteiger partial charge in [0.05, 0.1) is 26.4 Å². The van der Waals surface area contributed by atoms with Crippen molar-refractivity contribution in [1.29, 1.82) is 0 Å². The topological polar surface area (TPSA) is 231 Å². The fraction of sp³-hybridized carbons (Fsp3) is 0.677. The number of phosphoric ester groups is 2. The van der Waals surface area contributed by atoms with Gasteiger partial charge >= 0.3 is 33.6 Å². The summed E-state index contributed by atoms with van der Waals surface area (Å²) < 4.78 is 60.6. The van der Waals surface area contributed by atoms with Crippen LogP contribution in [0.15, 0.2) is 109 Å². The molecular formula is C65H110O16P2. The molecule has 0 aliphatic carbocycles. The molecular weight excluding hydrogens is 1100 g/mol. The Bertz CT molecular complexity index is 1960. The predicted molar refractivity (Wildman–Crippen MR) is 334 cm³/mol. The van der Waals surface area contributed by atoms with Crippen LogP contribution in [0.1, 0.15) is 226 Å². The number of aliphatic hydroxyl groups is 2. The highest BCUT2D eigenvalue weighted by atomic mass is 31.2. The van der Waals surface area contributed by atoms with E-state index in [1.54, 1.807) is 0 Å². The number of hydrogen-bond donors (Lipinski definition) is 4. The number of aliphatic hydroxyl groups excluding tert-OH is 2. The van der Waals surface area contributed by atoms with Crippen molar-refractivity contribution in [2.75, 3.05) is 39.6 Å². The van der Waals surface area contributed by atoms with Gasteiger partial charge in [0, 0.05) is 19.3 Å². The molecule has 0 aromatic heterocycles. The van der Waals surface area contributed by atoms with Gasteiger partial charge in [-0.25, -0.2) is 9.13 Å². The minimum atomic E-state index is -4.93. The second kappa shape index (κ2) is 58.6. The molecule has 0 saturated carbocycles. The number of carbonyl (C=O) groups excluding carboxylic acids is 3. The zero-order valence-electron chi connectivity index (χ0n) is 51.1. The van der Waals surface area contributed by atoms with Crippen LogP contribution < -0.4 is 0 Å². The van der Waals surface area contributed by atoms with Crippen LogP contribution in [-0.4, -0.2) is 95.9 Å². The third-order valence-corrected chi connectivity index (χ3v) is 14.4. The monoisotopic (exact) mass is 1210 g/mol. The number of unbranched alkanes of at least 4 members (excludes halogenated alkanes) is 17. The van der Waals surface area contributed by atoms with Crippen molar-refractivity contribution in [3.8, 4) is 0 Å². The predicted octanol–water partition coefficient (Wildman–Crippen LogP) is 16.5. The molecule has 0 spiro atoms. The number of esters is 3. The standard InChI is InChI=1S/C65H110O16P2/c1-4-7-10-13-16-19-22-25-27-29-31-34-36-39-42-45-48-51-63(68)75-54-60(66)55-77-82(71,72)78-56-61(67)57-79-83(73,74)80-59-62(81-65(70)53-50-47-44-41-38-33-24-21-18-15-12-9-6-3)58-76-64(69)52-49-46-43-40-37-35-32-30-28-26-23-20-17-14-11-8-5-2/h7-8,10-11,16-17,19-20,25-28,31-32,34-35,39,42,60-62,66-67H,4-6,9,12-15,18,21-24,29-30,33,36-38,40-41,43-59H2,1-3H3,(H,71,72)(H,73,74)/b10-7-,11-8-,19-16-,20-17-,27-25-,28-26-,34-31-,35-32-,42-39-. The van der Waals surface area contributed by atoms with Crippen LogP contribution in [0.3, 0.4) is 0 Å². The van der Waals surface area contributed by atoms with Gasteiger partial charge in [-0.05, 0) is 96.3 Å². The quantitative estimate of drug-likeness (QED) is 0.0146. The lowest BCUT2D eigenvalue weighted by atomic mass is 10.0. The summed E-state index contributed by atoms with van der Waals surface area (Å²) in [6.07, 6.45) is 63.0. The minimum absolute atomic E-state index is 0.0981. The molecule has 0 saturated heterocycles. The molecule has 0 bridgehead atoms.